The van der Waals surface area contributed by atoms with E-state index in [2.05, 4.69) is 4.98 Å². The molecule has 2 aromatic carbocycles. The number of ether oxygens (including phenoxy) is 2. The number of aromatic hydroxyl groups is 1. The van der Waals surface area contributed by atoms with Crippen molar-refractivity contribution in [1.29, 1.82) is 0 Å². The number of hydrogen-bond donors (Lipinski definition) is 1. The van der Waals surface area contributed by atoms with E-state index in [4.69, 9.17) is 9.47 Å². The number of benzene rings is 2. The van der Waals surface area contributed by atoms with Crippen LogP contribution in [0.2, 0.25) is 0 Å². The Kier molecular flexibility index (Phi) is 3.59. The van der Waals surface area contributed by atoms with Crippen molar-refractivity contribution >= 4 is 10.8 Å². The van der Waals surface area contributed by atoms with Gasteiger partial charge in [-0.25, -0.2) is 0 Å². The number of hydrogen-bond acceptors (Lipinski definition) is 4. The van der Waals surface area contributed by atoms with E-state index in [-0.39, 0.29) is 5.75 Å². The summed E-state index contributed by atoms with van der Waals surface area (Å²) in [7, 11) is 3.15. The highest BCUT2D eigenvalue weighted by molar-refractivity contribution is 5.97. The molecule has 1 N–H and O–H groups in total. The van der Waals surface area contributed by atoms with Crippen LogP contribution < -0.4 is 9.47 Å². The molecule has 22 heavy (non-hydrogen) atoms. The second kappa shape index (κ2) is 5.56. The maximum Gasteiger partial charge on any atom is 0.170 e. The Bertz CT molecular complexity index is 826. The third-order valence-corrected chi connectivity index (χ3v) is 3.71. The molecule has 1 aromatic heterocycles. The lowest BCUT2D eigenvalue weighted by atomic mass is 10.0. The van der Waals surface area contributed by atoms with Gasteiger partial charge in [0.25, 0.3) is 0 Å². The normalized spacial score (nSPS) is 10.7. The lowest BCUT2D eigenvalue weighted by molar-refractivity contribution is 0.358. The molecule has 0 saturated heterocycles. The zero-order valence-corrected chi connectivity index (χ0v) is 12.8. The Morgan fingerprint density at radius 1 is 0.909 bits per heavy atom. The van der Waals surface area contributed by atoms with E-state index in [1.807, 2.05) is 37.3 Å². The first-order valence-electron chi connectivity index (χ1n) is 6.95. The van der Waals surface area contributed by atoms with Crippen LogP contribution in [0.15, 0.2) is 42.6 Å². The Labute approximate surface area is 129 Å². The predicted molar refractivity (Wildman–Crippen MR) is 86.7 cm³/mol. The Morgan fingerprint density at radius 3 is 2.27 bits per heavy atom. The van der Waals surface area contributed by atoms with Gasteiger partial charge in [-0.1, -0.05) is 29.8 Å². The first-order chi connectivity index (χ1) is 10.7. The third-order valence-electron chi connectivity index (χ3n) is 3.71. The van der Waals surface area contributed by atoms with E-state index in [9.17, 15) is 5.11 Å². The van der Waals surface area contributed by atoms with E-state index < -0.39 is 0 Å². The lowest BCUT2D eigenvalue weighted by Gasteiger charge is -2.13. The smallest absolute Gasteiger partial charge is 0.170 e. The number of rotatable bonds is 3. The van der Waals surface area contributed by atoms with Gasteiger partial charge < -0.3 is 14.6 Å². The first-order valence-corrected chi connectivity index (χ1v) is 6.95. The molecule has 0 radical (unpaired) electrons. The minimum Gasteiger partial charge on any atom is -0.505 e. The van der Waals surface area contributed by atoms with Crippen molar-refractivity contribution in [3.63, 3.8) is 0 Å². The van der Waals surface area contributed by atoms with Gasteiger partial charge in [-0.15, -0.1) is 0 Å². The van der Waals surface area contributed by atoms with E-state index >= 15 is 0 Å². The third kappa shape index (κ3) is 2.22. The van der Waals surface area contributed by atoms with Crippen molar-refractivity contribution in [3.8, 4) is 28.5 Å². The molecular formula is C18H17NO3. The summed E-state index contributed by atoms with van der Waals surface area (Å²) in [5, 5.41) is 12.0. The molecule has 0 amide bonds. The molecule has 3 aromatic rings. The van der Waals surface area contributed by atoms with E-state index in [1.54, 1.807) is 26.5 Å². The molecule has 0 aliphatic heterocycles. The highest BCUT2D eigenvalue weighted by Gasteiger charge is 2.15. The van der Waals surface area contributed by atoms with Gasteiger partial charge in [-0.2, -0.15) is 0 Å². The van der Waals surface area contributed by atoms with Gasteiger partial charge in [0.15, 0.2) is 11.5 Å². The van der Waals surface area contributed by atoms with E-state index in [1.165, 1.54) is 0 Å². The fourth-order valence-electron chi connectivity index (χ4n) is 2.53. The van der Waals surface area contributed by atoms with Gasteiger partial charge in [-0.3, -0.25) is 4.98 Å². The lowest BCUT2D eigenvalue weighted by Crippen LogP contribution is -1.93. The zero-order valence-electron chi connectivity index (χ0n) is 12.8. The minimum absolute atomic E-state index is 0.141. The molecule has 0 atom stereocenters. The number of pyridine rings is 1. The zero-order chi connectivity index (χ0) is 15.7. The van der Waals surface area contributed by atoms with Gasteiger partial charge in [0.05, 0.1) is 14.2 Å². The van der Waals surface area contributed by atoms with Gasteiger partial charge in [0, 0.05) is 22.5 Å². The number of aryl methyl sites for hydroxylation is 1. The summed E-state index contributed by atoms with van der Waals surface area (Å²) in [6.45, 7) is 2.02. The topological polar surface area (TPSA) is 51.6 Å². The van der Waals surface area contributed by atoms with Crippen LogP contribution >= 0.6 is 0 Å². The molecule has 4 nitrogen and oxygen atoms in total. The summed E-state index contributed by atoms with van der Waals surface area (Å²) in [6.07, 6.45) is 1.70. The van der Waals surface area contributed by atoms with Crippen LogP contribution in [0, 0.1) is 6.92 Å². The summed E-state index contributed by atoms with van der Waals surface area (Å²) in [5.41, 5.74) is 2.59. The fourth-order valence-corrected chi connectivity index (χ4v) is 2.53. The number of aromatic nitrogens is 1. The Hall–Kier alpha value is -2.75. The standard InChI is InChI=1S/C18H17NO3/c1-11-4-6-12(7-5-11)16-17(20)13-8-9-15(21-2)18(22-3)14(13)10-19-16/h4-10,20H,1-3H3. The highest BCUT2D eigenvalue weighted by atomic mass is 16.5. The Balaban J connectivity index is 2.24. The summed E-state index contributed by atoms with van der Waals surface area (Å²) in [6, 6.07) is 11.5. The molecule has 0 unspecified atom stereocenters. The number of nitrogens with zero attached hydrogens (tertiary/aromatic N) is 1. The van der Waals surface area contributed by atoms with Gasteiger partial charge in [0.2, 0.25) is 0 Å². The summed E-state index contributed by atoms with van der Waals surface area (Å²) < 4.78 is 10.7. The second-order valence-corrected chi connectivity index (χ2v) is 5.08. The summed E-state index contributed by atoms with van der Waals surface area (Å²) >= 11 is 0. The highest BCUT2D eigenvalue weighted by Crippen LogP contribution is 2.41. The molecule has 0 aliphatic rings. The first kappa shape index (κ1) is 14.2. The monoisotopic (exact) mass is 295 g/mol. The van der Waals surface area contributed by atoms with E-state index in [0.717, 1.165) is 16.5 Å². The van der Waals surface area contributed by atoms with E-state index in [0.29, 0.717) is 22.6 Å². The molecule has 0 bridgehead atoms. The van der Waals surface area contributed by atoms with Crippen molar-refractivity contribution in [3.05, 3.63) is 48.2 Å². The molecular weight excluding hydrogens is 278 g/mol. The van der Waals surface area contributed by atoms with Crippen LogP contribution in [-0.2, 0) is 0 Å². The Morgan fingerprint density at radius 2 is 1.64 bits per heavy atom. The average molecular weight is 295 g/mol. The molecule has 1 heterocycles. The second-order valence-electron chi connectivity index (χ2n) is 5.08. The maximum atomic E-state index is 10.6. The minimum atomic E-state index is 0.141. The molecule has 4 heteroatoms. The summed E-state index contributed by atoms with van der Waals surface area (Å²) in [5.74, 6) is 1.32. The number of methoxy groups -OCH3 is 2. The SMILES string of the molecule is COc1ccc2c(O)c(-c3ccc(C)cc3)ncc2c1OC. The summed E-state index contributed by atoms with van der Waals surface area (Å²) in [4.78, 5) is 4.40. The van der Waals surface area contributed by atoms with Crippen LogP contribution in [0.4, 0.5) is 0 Å². The van der Waals surface area contributed by atoms with Crippen LogP contribution in [0.1, 0.15) is 5.56 Å². The molecule has 3 rings (SSSR count). The largest absolute Gasteiger partial charge is 0.505 e. The average Bonchev–Trinajstić information content (AvgIpc) is 2.55. The van der Waals surface area contributed by atoms with Gasteiger partial charge in [-0.05, 0) is 19.1 Å². The maximum absolute atomic E-state index is 10.6. The van der Waals surface area contributed by atoms with Crippen molar-refractivity contribution in [2.24, 2.45) is 0 Å². The van der Waals surface area contributed by atoms with Gasteiger partial charge >= 0.3 is 0 Å². The fraction of sp³-hybridized carbons (Fsp3) is 0.167. The van der Waals surface area contributed by atoms with Crippen molar-refractivity contribution in [1.82, 2.24) is 4.98 Å². The van der Waals surface area contributed by atoms with Crippen molar-refractivity contribution in [2.45, 2.75) is 6.92 Å². The molecule has 112 valence electrons. The van der Waals surface area contributed by atoms with Gasteiger partial charge in [0.1, 0.15) is 11.4 Å². The van der Waals surface area contributed by atoms with Crippen molar-refractivity contribution < 1.29 is 14.6 Å². The van der Waals surface area contributed by atoms with Crippen LogP contribution in [0.3, 0.4) is 0 Å². The quantitative estimate of drug-likeness (QED) is 0.795. The van der Waals surface area contributed by atoms with Crippen molar-refractivity contribution in [2.75, 3.05) is 14.2 Å². The molecule has 0 spiro atoms. The van der Waals surface area contributed by atoms with Crippen LogP contribution in [0.25, 0.3) is 22.0 Å². The predicted octanol–water partition coefficient (Wildman–Crippen LogP) is 3.93. The molecule has 0 aliphatic carbocycles. The molecule has 0 fully saturated rings. The van der Waals surface area contributed by atoms with Crippen LogP contribution in [-0.4, -0.2) is 24.3 Å². The number of fused-ring (bicyclic) bond motifs is 1. The van der Waals surface area contributed by atoms with Crippen LogP contribution in [0.5, 0.6) is 17.2 Å². The molecule has 0 saturated carbocycles.